The second-order valence-electron chi connectivity index (χ2n) is 6.70. The van der Waals surface area contributed by atoms with E-state index in [4.69, 9.17) is 21.1 Å². The molecular formula is C19H20ClNO3. The Labute approximate surface area is 146 Å². The van der Waals surface area contributed by atoms with Gasteiger partial charge in [-0.3, -0.25) is 4.90 Å². The molecule has 0 unspecified atom stereocenters. The molecule has 0 saturated heterocycles. The molecule has 5 heteroatoms. The smallest absolute Gasteiger partial charge is 0.415 e. The monoisotopic (exact) mass is 345 g/mol. The maximum Gasteiger partial charge on any atom is 0.415 e. The summed E-state index contributed by atoms with van der Waals surface area (Å²) in [6.07, 6.45) is -0.400. The van der Waals surface area contributed by atoms with Crippen molar-refractivity contribution in [3.8, 4) is 5.75 Å². The number of ether oxygens (including phenoxy) is 2. The third-order valence-electron chi connectivity index (χ3n) is 3.66. The number of rotatable bonds is 1. The van der Waals surface area contributed by atoms with E-state index in [1.165, 1.54) is 0 Å². The average molecular weight is 346 g/mol. The average Bonchev–Trinajstić information content (AvgIpc) is 2.52. The summed E-state index contributed by atoms with van der Waals surface area (Å²) in [6, 6.07) is 14.8. The molecule has 0 fully saturated rings. The fourth-order valence-electron chi connectivity index (χ4n) is 2.67. The lowest BCUT2D eigenvalue weighted by atomic mass is 10.0. The first kappa shape index (κ1) is 16.7. The Bertz CT molecular complexity index is 740. The zero-order valence-electron chi connectivity index (χ0n) is 14.0. The number of carbonyl (C=O) groups is 1. The molecule has 0 N–H and O–H groups in total. The van der Waals surface area contributed by atoms with Gasteiger partial charge in [0.25, 0.3) is 0 Å². The van der Waals surface area contributed by atoms with Crippen molar-refractivity contribution in [2.45, 2.75) is 32.4 Å². The van der Waals surface area contributed by atoms with E-state index in [1.54, 1.807) is 23.1 Å². The normalized spacial score (nSPS) is 17.0. The molecule has 0 spiro atoms. The molecule has 2 aromatic carbocycles. The van der Waals surface area contributed by atoms with Gasteiger partial charge in [-0.25, -0.2) is 4.79 Å². The summed E-state index contributed by atoms with van der Waals surface area (Å²) in [5, 5.41) is 0.566. The van der Waals surface area contributed by atoms with Crippen LogP contribution in [0.5, 0.6) is 5.75 Å². The molecule has 126 valence electrons. The minimum absolute atomic E-state index is 0.255. The molecule has 3 rings (SSSR count). The number of carbonyl (C=O) groups excluding carboxylic acids is 1. The van der Waals surface area contributed by atoms with E-state index in [2.05, 4.69) is 0 Å². The van der Waals surface area contributed by atoms with Crippen LogP contribution in [0.25, 0.3) is 0 Å². The van der Waals surface area contributed by atoms with Crippen molar-refractivity contribution in [3.05, 3.63) is 59.1 Å². The zero-order valence-corrected chi connectivity index (χ0v) is 14.7. The summed E-state index contributed by atoms with van der Waals surface area (Å²) in [6.45, 7) is 5.90. The van der Waals surface area contributed by atoms with Gasteiger partial charge in [0.15, 0.2) is 0 Å². The number of hydrogen-bond acceptors (Lipinski definition) is 3. The number of hydrogen-bond donors (Lipinski definition) is 0. The number of nitrogens with zero attached hydrogens (tertiary/aromatic N) is 1. The first-order chi connectivity index (χ1) is 11.3. The lowest BCUT2D eigenvalue weighted by molar-refractivity contribution is 0.0542. The zero-order chi connectivity index (χ0) is 17.3. The summed E-state index contributed by atoms with van der Waals surface area (Å²) >= 11 is 6.05. The Balaban J connectivity index is 2.04. The van der Waals surface area contributed by atoms with Gasteiger partial charge in [0.05, 0.1) is 11.7 Å². The van der Waals surface area contributed by atoms with Gasteiger partial charge in [-0.15, -0.1) is 0 Å². The number of fused-ring (bicyclic) bond motifs is 1. The fourth-order valence-corrected chi connectivity index (χ4v) is 2.83. The van der Waals surface area contributed by atoms with Crippen molar-refractivity contribution in [1.82, 2.24) is 0 Å². The molecule has 0 aliphatic carbocycles. The van der Waals surface area contributed by atoms with Gasteiger partial charge in [0, 0.05) is 11.1 Å². The lowest BCUT2D eigenvalue weighted by Gasteiger charge is -2.38. The van der Waals surface area contributed by atoms with Gasteiger partial charge in [-0.2, -0.15) is 0 Å². The Hall–Kier alpha value is -2.20. The number of benzene rings is 2. The van der Waals surface area contributed by atoms with Crippen molar-refractivity contribution in [3.63, 3.8) is 0 Å². The molecule has 0 aromatic heterocycles. The van der Waals surface area contributed by atoms with Crippen LogP contribution >= 0.6 is 11.6 Å². The van der Waals surface area contributed by atoms with E-state index in [-0.39, 0.29) is 6.04 Å². The molecule has 1 aliphatic heterocycles. The second kappa shape index (κ2) is 6.36. The Morgan fingerprint density at radius 1 is 1.21 bits per heavy atom. The molecule has 0 saturated carbocycles. The topological polar surface area (TPSA) is 38.8 Å². The third-order valence-corrected chi connectivity index (χ3v) is 3.90. The highest BCUT2D eigenvalue weighted by Crippen LogP contribution is 2.41. The predicted octanol–water partition coefficient (Wildman–Crippen LogP) is 5.22. The lowest BCUT2D eigenvalue weighted by Crippen LogP contribution is -2.43. The Kier molecular flexibility index (Phi) is 4.41. The van der Waals surface area contributed by atoms with Gasteiger partial charge in [-0.1, -0.05) is 41.9 Å². The van der Waals surface area contributed by atoms with E-state index in [9.17, 15) is 4.79 Å². The van der Waals surface area contributed by atoms with Crippen LogP contribution in [0.3, 0.4) is 0 Å². The van der Waals surface area contributed by atoms with E-state index < -0.39 is 11.7 Å². The molecule has 4 nitrogen and oxygen atoms in total. The van der Waals surface area contributed by atoms with Gasteiger partial charge in [-0.05, 0) is 38.5 Å². The largest absolute Gasteiger partial charge is 0.489 e. The molecule has 24 heavy (non-hydrogen) atoms. The van der Waals surface area contributed by atoms with Crippen molar-refractivity contribution >= 4 is 23.4 Å². The van der Waals surface area contributed by atoms with Crippen LogP contribution in [0.4, 0.5) is 10.5 Å². The van der Waals surface area contributed by atoms with Crippen LogP contribution in [0.2, 0.25) is 5.02 Å². The first-order valence-corrected chi connectivity index (χ1v) is 8.22. The maximum atomic E-state index is 12.9. The Morgan fingerprint density at radius 2 is 1.92 bits per heavy atom. The van der Waals surface area contributed by atoms with Crippen LogP contribution in [0.1, 0.15) is 32.4 Å². The minimum atomic E-state index is -0.580. The van der Waals surface area contributed by atoms with Crippen molar-refractivity contribution in [2.75, 3.05) is 11.5 Å². The van der Waals surface area contributed by atoms with E-state index >= 15 is 0 Å². The van der Waals surface area contributed by atoms with Gasteiger partial charge in [0.2, 0.25) is 0 Å². The molecular weight excluding hydrogens is 326 g/mol. The van der Waals surface area contributed by atoms with Crippen LogP contribution in [-0.4, -0.2) is 18.3 Å². The summed E-state index contributed by atoms with van der Waals surface area (Å²) in [5.41, 5.74) is 1.07. The van der Waals surface area contributed by atoms with Crippen LogP contribution in [-0.2, 0) is 4.74 Å². The first-order valence-electron chi connectivity index (χ1n) is 7.85. The second-order valence-corrected chi connectivity index (χ2v) is 7.14. The van der Waals surface area contributed by atoms with Crippen molar-refractivity contribution in [2.24, 2.45) is 0 Å². The summed E-state index contributed by atoms with van der Waals surface area (Å²) in [7, 11) is 0. The third kappa shape index (κ3) is 3.49. The molecule has 2 aromatic rings. The van der Waals surface area contributed by atoms with Crippen LogP contribution < -0.4 is 9.64 Å². The fraction of sp³-hybridized carbons (Fsp3) is 0.316. The summed E-state index contributed by atoms with van der Waals surface area (Å²) in [5.74, 6) is 0.584. The van der Waals surface area contributed by atoms with Gasteiger partial charge >= 0.3 is 6.09 Å². The number of amides is 1. The Morgan fingerprint density at radius 3 is 2.58 bits per heavy atom. The summed E-state index contributed by atoms with van der Waals surface area (Å²) < 4.78 is 11.5. The number of anilines is 1. The maximum absolute atomic E-state index is 12.9. The van der Waals surface area contributed by atoms with Crippen LogP contribution in [0, 0.1) is 0 Å². The molecule has 1 heterocycles. The molecule has 1 aliphatic rings. The van der Waals surface area contributed by atoms with E-state index in [0.29, 0.717) is 23.1 Å². The van der Waals surface area contributed by atoms with Crippen LogP contribution in [0.15, 0.2) is 48.5 Å². The van der Waals surface area contributed by atoms with E-state index in [0.717, 1.165) is 5.56 Å². The van der Waals surface area contributed by atoms with Crippen molar-refractivity contribution in [1.29, 1.82) is 0 Å². The highest BCUT2D eigenvalue weighted by atomic mass is 35.5. The highest BCUT2D eigenvalue weighted by Gasteiger charge is 2.36. The van der Waals surface area contributed by atoms with Gasteiger partial charge in [0.1, 0.15) is 18.0 Å². The quantitative estimate of drug-likeness (QED) is 0.711. The molecule has 0 radical (unpaired) electrons. The molecule has 1 atom stereocenters. The number of halogens is 1. The predicted molar refractivity (Wildman–Crippen MR) is 94.8 cm³/mol. The van der Waals surface area contributed by atoms with E-state index in [1.807, 2.05) is 51.1 Å². The molecule has 0 bridgehead atoms. The highest BCUT2D eigenvalue weighted by molar-refractivity contribution is 6.30. The minimum Gasteiger partial charge on any atom is -0.489 e. The molecule has 1 amide bonds. The SMILES string of the molecule is CC(C)(C)OC(=O)N1c2ccc(Cl)cc2OC[C@H]1c1ccccc1. The van der Waals surface area contributed by atoms with Crippen molar-refractivity contribution < 1.29 is 14.3 Å². The summed E-state index contributed by atoms with van der Waals surface area (Å²) in [4.78, 5) is 14.5. The standard InChI is InChI=1S/C19H20ClNO3/c1-19(2,3)24-18(22)21-15-10-9-14(20)11-17(15)23-12-16(21)13-7-5-4-6-8-13/h4-11,16H,12H2,1-3H3/t16-/m0/s1. The van der Waals surface area contributed by atoms with Gasteiger partial charge < -0.3 is 9.47 Å².